The maximum Gasteiger partial charge on any atom is 0.0927 e. The minimum atomic E-state index is 0.497. The van der Waals surface area contributed by atoms with Crippen molar-refractivity contribution >= 4 is 0 Å². The summed E-state index contributed by atoms with van der Waals surface area (Å²) in [4.78, 5) is 2.34. The standard InChI is InChI=1S/C10H15NO2/c12-10-3-1-9(2-4-10)11-5-7-13-8-6-11/h1,3,12H,2,4-8H2. The third kappa shape index (κ3) is 2.04. The van der Waals surface area contributed by atoms with E-state index in [-0.39, 0.29) is 0 Å². The largest absolute Gasteiger partial charge is 0.512 e. The molecule has 2 aliphatic rings. The molecular formula is C10H15NO2. The minimum absolute atomic E-state index is 0.497. The summed E-state index contributed by atoms with van der Waals surface area (Å²) in [6.45, 7) is 3.63. The fourth-order valence-electron chi connectivity index (χ4n) is 1.73. The Labute approximate surface area is 78.3 Å². The molecule has 1 heterocycles. The van der Waals surface area contributed by atoms with Crippen molar-refractivity contribution in [1.29, 1.82) is 0 Å². The highest BCUT2D eigenvalue weighted by Crippen LogP contribution is 2.20. The Bertz CT molecular complexity index is 239. The molecule has 0 saturated carbocycles. The van der Waals surface area contributed by atoms with Crippen LogP contribution in [0.1, 0.15) is 12.8 Å². The molecular weight excluding hydrogens is 166 g/mol. The monoisotopic (exact) mass is 181 g/mol. The zero-order chi connectivity index (χ0) is 9.10. The number of aliphatic hydroxyl groups excluding tert-OH is 1. The van der Waals surface area contributed by atoms with Crippen molar-refractivity contribution in [3.8, 4) is 0 Å². The number of ether oxygens (including phenoxy) is 1. The number of allylic oxidation sites excluding steroid dienone is 4. The van der Waals surface area contributed by atoms with Crippen LogP contribution < -0.4 is 0 Å². The first-order chi connectivity index (χ1) is 6.36. The predicted molar refractivity (Wildman–Crippen MR) is 50.4 cm³/mol. The summed E-state index contributed by atoms with van der Waals surface area (Å²) < 4.78 is 5.28. The van der Waals surface area contributed by atoms with Crippen LogP contribution in [-0.4, -0.2) is 36.3 Å². The van der Waals surface area contributed by atoms with E-state index in [9.17, 15) is 5.11 Å². The fourth-order valence-corrected chi connectivity index (χ4v) is 1.73. The molecule has 1 aliphatic heterocycles. The van der Waals surface area contributed by atoms with Crippen LogP contribution in [-0.2, 0) is 4.74 Å². The van der Waals surface area contributed by atoms with Crippen LogP contribution in [0.3, 0.4) is 0 Å². The average Bonchev–Trinajstić information content (AvgIpc) is 2.20. The van der Waals surface area contributed by atoms with E-state index in [1.165, 1.54) is 5.70 Å². The number of rotatable bonds is 1. The molecule has 0 bridgehead atoms. The highest BCUT2D eigenvalue weighted by Gasteiger charge is 2.15. The molecule has 1 fully saturated rings. The first kappa shape index (κ1) is 8.63. The molecule has 2 rings (SSSR count). The molecule has 3 heteroatoms. The van der Waals surface area contributed by atoms with E-state index in [0.717, 1.165) is 39.1 Å². The molecule has 1 aliphatic carbocycles. The Balaban J connectivity index is 1.99. The lowest BCUT2D eigenvalue weighted by atomic mass is 10.1. The van der Waals surface area contributed by atoms with E-state index in [1.807, 2.05) is 6.08 Å². The van der Waals surface area contributed by atoms with Gasteiger partial charge in [0.25, 0.3) is 0 Å². The SMILES string of the molecule is OC1=CC=C(N2CCOCC2)CC1. The predicted octanol–water partition coefficient (Wildman–Crippen LogP) is 1.44. The number of hydrogen-bond acceptors (Lipinski definition) is 3. The van der Waals surface area contributed by atoms with E-state index in [1.54, 1.807) is 6.08 Å². The van der Waals surface area contributed by atoms with Crippen molar-refractivity contribution in [2.24, 2.45) is 0 Å². The van der Waals surface area contributed by atoms with E-state index in [0.29, 0.717) is 5.76 Å². The van der Waals surface area contributed by atoms with Gasteiger partial charge in [0.15, 0.2) is 0 Å². The molecule has 1 N–H and O–H groups in total. The summed E-state index contributed by atoms with van der Waals surface area (Å²) in [5.41, 5.74) is 1.33. The normalized spacial score (nSPS) is 23.8. The second-order valence-electron chi connectivity index (χ2n) is 3.42. The van der Waals surface area contributed by atoms with Gasteiger partial charge in [0, 0.05) is 25.2 Å². The van der Waals surface area contributed by atoms with Crippen molar-refractivity contribution in [1.82, 2.24) is 4.90 Å². The summed E-state index contributed by atoms with van der Waals surface area (Å²) in [6.07, 6.45) is 5.56. The van der Waals surface area contributed by atoms with Crippen LogP contribution >= 0.6 is 0 Å². The van der Waals surface area contributed by atoms with E-state index < -0.39 is 0 Å². The highest BCUT2D eigenvalue weighted by atomic mass is 16.5. The summed E-state index contributed by atoms with van der Waals surface area (Å²) in [5.74, 6) is 0.497. The van der Waals surface area contributed by atoms with Gasteiger partial charge in [-0.2, -0.15) is 0 Å². The Morgan fingerprint density at radius 1 is 1.15 bits per heavy atom. The van der Waals surface area contributed by atoms with Crippen molar-refractivity contribution < 1.29 is 9.84 Å². The smallest absolute Gasteiger partial charge is 0.0927 e. The minimum Gasteiger partial charge on any atom is -0.512 e. The summed E-state index contributed by atoms with van der Waals surface area (Å²) >= 11 is 0. The summed E-state index contributed by atoms with van der Waals surface area (Å²) in [5, 5.41) is 9.20. The van der Waals surface area contributed by atoms with Crippen molar-refractivity contribution in [2.45, 2.75) is 12.8 Å². The molecule has 0 radical (unpaired) electrons. The maximum atomic E-state index is 9.20. The molecule has 3 nitrogen and oxygen atoms in total. The molecule has 0 spiro atoms. The second-order valence-corrected chi connectivity index (χ2v) is 3.42. The maximum absolute atomic E-state index is 9.20. The third-order valence-corrected chi connectivity index (χ3v) is 2.52. The first-order valence-corrected chi connectivity index (χ1v) is 4.77. The van der Waals surface area contributed by atoms with Crippen molar-refractivity contribution in [3.05, 3.63) is 23.6 Å². The lowest BCUT2D eigenvalue weighted by molar-refractivity contribution is 0.0517. The molecule has 13 heavy (non-hydrogen) atoms. The van der Waals surface area contributed by atoms with Gasteiger partial charge in [0.2, 0.25) is 0 Å². The number of aliphatic hydroxyl groups is 1. The molecule has 0 aromatic rings. The number of nitrogens with zero attached hydrogens (tertiary/aromatic N) is 1. The van der Waals surface area contributed by atoms with Gasteiger partial charge in [-0.25, -0.2) is 0 Å². The summed E-state index contributed by atoms with van der Waals surface area (Å²) in [6, 6.07) is 0. The Morgan fingerprint density at radius 2 is 1.92 bits per heavy atom. The Kier molecular flexibility index (Phi) is 2.54. The zero-order valence-electron chi connectivity index (χ0n) is 7.70. The Morgan fingerprint density at radius 3 is 2.54 bits per heavy atom. The lowest BCUT2D eigenvalue weighted by Gasteiger charge is -2.31. The van der Waals surface area contributed by atoms with Gasteiger partial charge < -0.3 is 14.7 Å². The van der Waals surface area contributed by atoms with Crippen molar-refractivity contribution in [2.75, 3.05) is 26.3 Å². The quantitative estimate of drug-likeness (QED) is 0.664. The molecule has 0 atom stereocenters. The van der Waals surface area contributed by atoms with Crippen LogP contribution in [0.2, 0.25) is 0 Å². The molecule has 72 valence electrons. The van der Waals surface area contributed by atoms with Gasteiger partial charge >= 0.3 is 0 Å². The average molecular weight is 181 g/mol. The van der Waals surface area contributed by atoms with Crippen LogP contribution in [0.5, 0.6) is 0 Å². The van der Waals surface area contributed by atoms with E-state index in [4.69, 9.17) is 4.74 Å². The first-order valence-electron chi connectivity index (χ1n) is 4.77. The second kappa shape index (κ2) is 3.83. The number of hydrogen-bond donors (Lipinski definition) is 1. The van der Waals surface area contributed by atoms with Crippen LogP contribution in [0.25, 0.3) is 0 Å². The topological polar surface area (TPSA) is 32.7 Å². The van der Waals surface area contributed by atoms with Gasteiger partial charge in [-0.15, -0.1) is 0 Å². The van der Waals surface area contributed by atoms with Crippen LogP contribution in [0, 0.1) is 0 Å². The van der Waals surface area contributed by atoms with E-state index in [2.05, 4.69) is 4.90 Å². The molecule has 0 aromatic carbocycles. The zero-order valence-corrected chi connectivity index (χ0v) is 7.70. The van der Waals surface area contributed by atoms with Gasteiger partial charge in [-0.1, -0.05) is 0 Å². The summed E-state index contributed by atoms with van der Waals surface area (Å²) in [7, 11) is 0. The van der Waals surface area contributed by atoms with Gasteiger partial charge in [-0.05, 0) is 18.6 Å². The number of morpholine rings is 1. The Hall–Kier alpha value is -0.960. The third-order valence-electron chi connectivity index (χ3n) is 2.52. The molecule has 1 saturated heterocycles. The van der Waals surface area contributed by atoms with Gasteiger partial charge in [0.1, 0.15) is 0 Å². The van der Waals surface area contributed by atoms with E-state index >= 15 is 0 Å². The molecule has 0 amide bonds. The highest BCUT2D eigenvalue weighted by molar-refractivity contribution is 5.19. The van der Waals surface area contributed by atoms with Gasteiger partial charge in [0.05, 0.1) is 19.0 Å². The lowest BCUT2D eigenvalue weighted by Crippen LogP contribution is -2.35. The molecule has 0 aromatic heterocycles. The van der Waals surface area contributed by atoms with Crippen molar-refractivity contribution in [3.63, 3.8) is 0 Å². The van der Waals surface area contributed by atoms with Crippen LogP contribution in [0.15, 0.2) is 23.6 Å². The van der Waals surface area contributed by atoms with Gasteiger partial charge in [-0.3, -0.25) is 0 Å². The van der Waals surface area contributed by atoms with Crippen LogP contribution in [0.4, 0.5) is 0 Å². The fraction of sp³-hybridized carbons (Fsp3) is 0.600. The molecule has 0 unspecified atom stereocenters.